The van der Waals surface area contributed by atoms with Crippen molar-refractivity contribution in [3.63, 3.8) is 0 Å². The van der Waals surface area contributed by atoms with Crippen molar-refractivity contribution in [2.24, 2.45) is 0 Å². The summed E-state index contributed by atoms with van der Waals surface area (Å²) in [7, 11) is 1.76. The van der Waals surface area contributed by atoms with Gasteiger partial charge in [-0.15, -0.1) is 0 Å². The molecule has 2 aliphatic rings. The number of aryl methyl sites for hydroxylation is 3. The van der Waals surface area contributed by atoms with Crippen LogP contribution in [0, 0.1) is 6.92 Å². The van der Waals surface area contributed by atoms with Crippen LogP contribution in [0.1, 0.15) is 61.7 Å². The largest absolute Gasteiger partial charge is 0.383 e. The second kappa shape index (κ2) is 10.8. The van der Waals surface area contributed by atoms with E-state index in [0.29, 0.717) is 11.2 Å². The maximum atomic E-state index is 11.7. The van der Waals surface area contributed by atoms with E-state index in [4.69, 9.17) is 19.8 Å². The average molecular weight is 509 g/mol. The zero-order valence-electron chi connectivity index (χ0n) is 21.8. The van der Waals surface area contributed by atoms with E-state index in [9.17, 15) is 4.79 Å². The van der Waals surface area contributed by atoms with Gasteiger partial charge in [0.1, 0.15) is 0 Å². The third-order valence-electron chi connectivity index (χ3n) is 7.28. The number of ether oxygens (including phenoxy) is 1. The van der Waals surface area contributed by atoms with Crippen LogP contribution in [0.25, 0.3) is 21.8 Å². The Bertz CT molecular complexity index is 1240. The zero-order chi connectivity index (χ0) is 25.2. The summed E-state index contributed by atoms with van der Waals surface area (Å²) in [5.41, 5.74) is 8.07. The number of thiazole rings is 1. The van der Waals surface area contributed by atoms with E-state index in [0.717, 1.165) is 86.6 Å². The topological polar surface area (TPSA) is 85.2 Å². The highest BCUT2D eigenvalue weighted by molar-refractivity contribution is 7.19. The van der Waals surface area contributed by atoms with Crippen molar-refractivity contribution in [1.29, 1.82) is 0 Å². The van der Waals surface area contributed by atoms with E-state index < -0.39 is 0 Å². The molecule has 1 N–H and O–H groups in total. The minimum atomic E-state index is -0.0901. The molecule has 0 unspecified atom stereocenters. The molecule has 1 amide bonds. The van der Waals surface area contributed by atoms with Crippen molar-refractivity contribution in [1.82, 2.24) is 24.6 Å². The van der Waals surface area contributed by atoms with Crippen LogP contribution in [-0.4, -0.2) is 63.9 Å². The summed E-state index contributed by atoms with van der Waals surface area (Å²) in [5, 5.41) is 8.85. The van der Waals surface area contributed by atoms with Crippen LogP contribution in [0.2, 0.25) is 0 Å². The van der Waals surface area contributed by atoms with E-state index in [2.05, 4.69) is 34.8 Å². The quantitative estimate of drug-likeness (QED) is 0.476. The second-order valence-corrected chi connectivity index (χ2v) is 10.9. The van der Waals surface area contributed by atoms with Gasteiger partial charge < -0.3 is 15.0 Å². The van der Waals surface area contributed by atoms with Crippen molar-refractivity contribution < 1.29 is 9.53 Å². The number of hydrogen-bond acceptors (Lipinski definition) is 7. The number of anilines is 1. The third-order valence-corrected chi connectivity index (χ3v) is 8.30. The number of fused-ring (bicyclic) bond motifs is 3. The van der Waals surface area contributed by atoms with Crippen molar-refractivity contribution in [2.45, 2.75) is 65.3 Å². The highest BCUT2D eigenvalue weighted by Crippen LogP contribution is 2.45. The lowest BCUT2D eigenvalue weighted by atomic mass is 9.94. The maximum Gasteiger partial charge on any atom is 0.223 e. The van der Waals surface area contributed by atoms with Crippen molar-refractivity contribution in [3.05, 3.63) is 34.8 Å². The van der Waals surface area contributed by atoms with E-state index in [-0.39, 0.29) is 5.91 Å². The Kier molecular flexibility index (Phi) is 7.50. The summed E-state index contributed by atoms with van der Waals surface area (Å²) in [6.07, 6.45) is 7.94. The van der Waals surface area contributed by atoms with E-state index in [1.807, 2.05) is 6.20 Å². The Hall–Kier alpha value is -2.62. The Balaban J connectivity index is 1.55. The predicted molar refractivity (Wildman–Crippen MR) is 144 cm³/mol. The fourth-order valence-electron chi connectivity index (χ4n) is 5.44. The Morgan fingerprint density at radius 2 is 2.08 bits per heavy atom. The normalized spacial score (nSPS) is 16.1. The lowest BCUT2D eigenvalue weighted by molar-refractivity contribution is -0.114. The first-order chi connectivity index (χ1) is 17.5. The number of hydrogen-bond donors (Lipinski definition) is 1. The number of carbonyl (C=O) groups excluding carboxylic acids is 1. The lowest BCUT2D eigenvalue weighted by Gasteiger charge is -2.32. The summed E-state index contributed by atoms with van der Waals surface area (Å²) >= 11 is 1.57. The molecular weight excluding hydrogens is 472 g/mol. The van der Waals surface area contributed by atoms with Crippen LogP contribution in [0.3, 0.4) is 0 Å². The SMILES string of the molecule is CCCc1ncc(-c2nn(C3CCN(CCOC)CC3)c3c2CCc2nc(NC(C)=O)sc2-3)cc1C. The number of carbonyl (C=O) groups is 1. The monoisotopic (exact) mass is 508 g/mol. The molecule has 0 aromatic carbocycles. The highest BCUT2D eigenvalue weighted by atomic mass is 32.1. The summed E-state index contributed by atoms with van der Waals surface area (Å²) < 4.78 is 7.56. The average Bonchev–Trinajstić information content (AvgIpc) is 3.45. The van der Waals surface area contributed by atoms with Gasteiger partial charge in [0.15, 0.2) is 5.13 Å². The van der Waals surface area contributed by atoms with Gasteiger partial charge in [0, 0.05) is 56.7 Å². The van der Waals surface area contributed by atoms with Gasteiger partial charge in [-0.3, -0.25) is 14.5 Å². The molecule has 0 spiro atoms. The molecule has 5 rings (SSSR count). The van der Waals surface area contributed by atoms with Crippen molar-refractivity contribution in [2.75, 3.05) is 38.7 Å². The van der Waals surface area contributed by atoms with Gasteiger partial charge in [-0.05, 0) is 50.7 Å². The number of methoxy groups -OCH3 is 1. The smallest absolute Gasteiger partial charge is 0.223 e. The maximum absolute atomic E-state index is 11.7. The molecule has 0 saturated carbocycles. The van der Waals surface area contributed by atoms with E-state index in [1.54, 1.807) is 18.4 Å². The van der Waals surface area contributed by atoms with Crippen LogP contribution in [-0.2, 0) is 28.8 Å². The fourth-order valence-corrected chi connectivity index (χ4v) is 6.56. The van der Waals surface area contributed by atoms with Gasteiger partial charge in [0.05, 0.1) is 34.6 Å². The molecule has 1 aliphatic carbocycles. The predicted octanol–water partition coefficient (Wildman–Crippen LogP) is 4.67. The van der Waals surface area contributed by atoms with Crippen LogP contribution >= 0.6 is 11.3 Å². The molecule has 0 atom stereocenters. The number of nitrogens with one attached hydrogen (secondary N) is 1. The first kappa shape index (κ1) is 25.0. The lowest BCUT2D eigenvalue weighted by Crippen LogP contribution is -2.37. The van der Waals surface area contributed by atoms with Crippen molar-refractivity contribution in [3.8, 4) is 21.8 Å². The third kappa shape index (κ3) is 4.96. The summed E-state index contributed by atoms with van der Waals surface area (Å²) in [5.74, 6) is -0.0901. The number of pyridine rings is 1. The molecule has 0 radical (unpaired) electrons. The summed E-state index contributed by atoms with van der Waals surface area (Å²) in [4.78, 5) is 24.9. The van der Waals surface area contributed by atoms with Gasteiger partial charge in [-0.1, -0.05) is 24.7 Å². The van der Waals surface area contributed by atoms with E-state index >= 15 is 0 Å². The minimum Gasteiger partial charge on any atom is -0.383 e. The molecule has 192 valence electrons. The number of likely N-dealkylation sites (tertiary alicyclic amines) is 1. The Morgan fingerprint density at radius 1 is 1.28 bits per heavy atom. The van der Waals surface area contributed by atoms with Gasteiger partial charge >= 0.3 is 0 Å². The van der Waals surface area contributed by atoms with Crippen LogP contribution in [0.4, 0.5) is 5.13 Å². The molecule has 3 aromatic rings. The Morgan fingerprint density at radius 3 is 2.78 bits per heavy atom. The molecule has 1 aliphatic heterocycles. The zero-order valence-corrected chi connectivity index (χ0v) is 22.6. The molecule has 36 heavy (non-hydrogen) atoms. The first-order valence-electron chi connectivity index (χ1n) is 13.0. The number of nitrogens with zero attached hydrogens (tertiary/aromatic N) is 5. The standard InChI is InChI=1S/C27H36N6O2S/c1-5-6-22-17(2)15-19(16-28-22)24-21-7-8-23-26(36-27(30-23)29-18(3)34)25(21)33(31-24)20-9-11-32(12-10-20)13-14-35-4/h15-16,20H,5-14H2,1-4H3,(H,29,30,34). The van der Waals surface area contributed by atoms with Gasteiger partial charge in [0.25, 0.3) is 0 Å². The summed E-state index contributed by atoms with van der Waals surface area (Å²) in [6, 6.07) is 2.58. The Labute approximate surface area is 217 Å². The minimum absolute atomic E-state index is 0.0901. The number of amides is 1. The molecule has 1 saturated heterocycles. The van der Waals surface area contributed by atoms with E-state index in [1.165, 1.54) is 29.4 Å². The van der Waals surface area contributed by atoms with Gasteiger partial charge in [-0.2, -0.15) is 5.10 Å². The highest BCUT2D eigenvalue weighted by Gasteiger charge is 2.33. The number of aromatic nitrogens is 4. The van der Waals surface area contributed by atoms with Crippen LogP contribution in [0.15, 0.2) is 12.3 Å². The van der Waals surface area contributed by atoms with Crippen molar-refractivity contribution >= 4 is 22.4 Å². The van der Waals surface area contributed by atoms with Gasteiger partial charge in [-0.25, -0.2) is 4.98 Å². The first-order valence-corrected chi connectivity index (χ1v) is 13.9. The molecular formula is C27H36N6O2S. The fraction of sp³-hybridized carbons (Fsp3) is 0.556. The molecule has 1 fully saturated rings. The van der Waals surface area contributed by atoms with Crippen LogP contribution in [0.5, 0.6) is 0 Å². The van der Waals surface area contributed by atoms with Gasteiger partial charge in [0.2, 0.25) is 5.91 Å². The van der Waals surface area contributed by atoms with Crippen LogP contribution < -0.4 is 5.32 Å². The number of rotatable bonds is 8. The second-order valence-electron chi connectivity index (χ2n) is 9.90. The molecule has 8 nitrogen and oxygen atoms in total. The molecule has 3 aromatic heterocycles. The molecule has 4 heterocycles. The molecule has 9 heteroatoms. The summed E-state index contributed by atoms with van der Waals surface area (Å²) in [6.45, 7) is 9.69. The molecule has 0 bridgehead atoms. The number of piperidine rings is 1.